The van der Waals surface area contributed by atoms with Crippen molar-refractivity contribution in [2.45, 2.75) is 25.2 Å². The van der Waals surface area contributed by atoms with Gasteiger partial charge in [-0.25, -0.2) is 0 Å². The zero-order chi connectivity index (χ0) is 11.7. The fraction of sp³-hybridized carbons (Fsp3) is 0.267. The predicted molar refractivity (Wildman–Crippen MR) is 67.9 cm³/mol. The maximum absolute atomic E-state index is 9.20. The highest BCUT2D eigenvalue weighted by atomic mass is 16.3. The van der Waals surface area contributed by atoms with E-state index in [1.165, 1.54) is 31.0 Å². The average Bonchev–Trinajstić information content (AvgIpc) is 2.29. The zero-order valence-corrected chi connectivity index (χ0v) is 9.63. The molecule has 0 aliphatic heterocycles. The van der Waals surface area contributed by atoms with Crippen molar-refractivity contribution in [2.24, 2.45) is 0 Å². The summed E-state index contributed by atoms with van der Waals surface area (Å²) in [7, 11) is 0. The van der Waals surface area contributed by atoms with E-state index in [0.717, 1.165) is 17.2 Å². The fourth-order valence-electron chi connectivity index (χ4n) is 2.22. The Hall–Kier alpha value is -1.83. The largest absolute Gasteiger partial charge is 0.506 e. The standard InChI is InChI=1S/C15H15NO/c17-14-8-9-15(16-10-14)13-6-4-12(5-7-13)11-2-1-3-11/h4-11,17H,1-3H2. The molecule has 1 aromatic carbocycles. The van der Waals surface area contributed by atoms with E-state index in [1.54, 1.807) is 6.07 Å². The number of hydrogen-bond donors (Lipinski definition) is 1. The van der Waals surface area contributed by atoms with Gasteiger partial charge in [-0.15, -0.1) is 0 Å². The van der Waals surface area contributed by atoms with Crippen LogP contribution in [-0.4, -0.2) is 10.1 Å². The Balaban J connectivity index is 1.86. The van der Waals surface area contributed by atoms with Crippen LogP contribution >= 0.6 is 0 Å². The third-order valence-corrected chi connectivity index (χ3v) is 3.53. The van der Waals surface area contributed by atoms with Crippen LogP contribution in [0, 0.1) is 0 Å². The molecule has 1 aromatic heterocycles. The van der Waals surface area contributed by atoms with Gasteiger partial charge in [0.15, 0.2) is 0 Å². The highest BCUT2D eigenvalue weighted by Gasteiger charge is 2.18. The smallest absolute Gasteiger partial charge is 0.133 e. The highest BCUT2D eigenvalue weighted by Crippen LogP contribution is 2.36. The van der Waals surface area contributed by atoms with Crippen LogP contribution in [0.5, 0.6) is 5.75 Å². The molecule has 17 heavy (non-hydrogen) atoms. The molecule has 1 aliphatic rings. The second-order valence-corrected chi connectivity index (χ2v) is 4.65. The first-order chi connectivity index (χ1) is 8.33. The van der Waals surface area contributed by atoms with Gasteiger partial charge in [0.1, 0.15) is 5.75 Å². The van der Waals surface area contributed by atoms with Crippen LogP contribution in [0.2, 0.25) is 0 Å². The van der Waals surface area contributed by atoms with Crippen molar-refractivity contribution in [3.63, 3.8) is 0 Å². The van der Waals surface area contributed by atoms with Crippen molar-refractivity contribution in [3.05, 3.63) is 48.2 Å². The van der Waals surface area contributed by atoms with Crippen molar-refractivity contribution in [3.8, 4) is 17.0 Å². The van der Waals surface area contributed by atoms with Gasteiger partial charge in [-0.1, -0.05) is 30.7 Å². The van der Waals surface area contributed by atoms with E-state index in [1.807, 2.05) is 6.07 Å². The van der Waals surface area contributed by atoms with Crippen LogP contribution in [0.1, 0.15) is 30.7 Å². The van der Waals surface area contributed by atoms with Crippen molar-refractivity contribution in [1.82, 2.24) is 4.98 Å². The van der Waals surface area contributed by atoms with Crippen LogP contribution in [0.15, 0.2) is 42.6 Å². The number of rotatable bonds is 2. The molecule has 0 amide bonds. The summed E-state index contributed by atoms with van der Waals surface area (Å²) in [5, 5.41) is 9.20. The summed E-state index contributed by atoms with van der Waals surface area (Å²) in [5.74, 6) is 0.983. The Morgan fingerprint density at radius 1 is 1.00 bits per heavy atom. The maximum atomic E-state index is 9.20. The summed E-state index contributed by atoms with van der Waals surface area (Å²) in [6.45, 7) is 0. The molecule has 1 saturated carbocycles. The first-order valence-corrected chi connectivity index (χ1v) is 6.08. The fourth-order valence-corrected chi connectivity index (χ4v) is 2.22. The number of aromatic hydroxyl groups is 1. The van der Waals surface area contributed by atoms with Crippen LogP contribution in [0.3, 0.4) is 0 Å². The topological polar surface area (TPSA) is 33.1 Å². The minimum Gasteiger partial charge on any atom is -0.506 e. The van der Waals surface area contributed by atoms with Crippen molar-refractivity contribution in [1.29, 1.82) is 0 Å². The molecule has 2 aromatic rings. The molecule has 86 valence electrons. The second kappa shape index (κ2) is 4.21. The molecule has 0 spiro atoms. The molecular formula is C15H15NO. The minimum absolute atomic E-state index is 0.208. The Labute approximate surface area is 101 Å². The lowest BCUT2D eigenvalue weighted by Gasteiger charge is -2.25. The number of benzene rings is 1. The molecule has 2 nitrogen and oxygen atoms in total. The quantitative estimate of drug-likeness (QED) is 0.844. The average molecular weight is 225 g/mol. The number of nitrogens with zero attached hydrogens (tertiary/aromatic N) is 1. The Bertz CT molecular complexity index is 497. The zero-order valence-electron chi connectivity index (χ0n) is 9.63. The molecule has 2 heteroatoms. The Kier molecular flexibility index (Phi) is 2.56. The van der Waals surface area contributed by atoms with Gasteiger partial charge in [0.05, 0.1) is 11.9 Å². The second-order valence-electron chi connectivity index (χ2n) is 4.65. The van der Waals surface area contributed by atoms with Gasteiger partial charge in [-0.05, 0) is 36.5 Å². The van der Waals surface area contributed by atoms with Crippen molar-refractivity contribution in [2.75, 3.05) is 0 Å². The summed E-state index contributed by atoms with van der Waals surface area (Å²) in [4.78, 5) is 4.21. The normalized spacial score (nSPS) is 15.5. The molecule has 3 rings (SSSR count). The molecule has 1 heterocycles. The third kappa shape index (κ3) is 2.03. The molecule has 0 bridgehead atoms. The molecule has 1 fully saturated rings. The molecule has 0 saturated heterocycles. The lowest BCUT2D eigenvalue weighted by molar-refractivity contribution is 0.420. The molecule has 1 N–H and O–H groups in total. The van der Waals surface area contributed by atoms with E-state index in [0.29, 0.717) is 0 Å². The number of aromatic nitrogens is 1. The minimum atomic E-state index is 0.208. The van der Waals surface area contributed by atoms with Gasteiger partial charge < -0.3 is 5.11 Å². The van der Waals surface area contributed by atoms with E-state index in [4.69, 9.17) is 0 Å². The van der Waals surface area contributed by atoms with E-state index in [-0.39, 0.29) is 5.75 Å². The first-order valence-electron chi connectivity index (χ1n) is 6.08. The molecule has 1 aliphatic carbocycles. The predicted octanol–water partition coefficient (Wildman–Crippen LogP) is 3.72. The first kappa shape index (κ1) is 10.3. The van der Waals surface area contributed by atoms with Crippen molar-refractivity contribution >= 4 is 0 Å². The van der Waals surface area contributed by atoms with Gasteiger partial charge in [0, 0.05) is 5.56 Å². The summed E-state index contributed by atoms with van der Waals surface area (Å²) in [6, 6.07) is 12.2. The Morgan fingerprint density at radius 2 is 1.76 bits per heavy atom. The van der Waals surface area contributed by atoms with Crippen LogP contribution < -0.4 is 0 Å². The number of hydrogen-bond acceptors (Lipinski definition) is 2. The third-order valence-electron chi connectivity index (χ3n) is 3.53. The molecular weight excluding hydrogens is 210 g/mol. The van der Waals surface area contributed by atoms with Crippen LogP contribution in [0.25, 0.3) is 11.3 Å². The van der Waals surface area contributed by atoms with E-state index in [9.17, 15) is 5.11 Å². The molecule has 0 atom stereocenters. The lowest BCUT2D eigenvalue weighted by Crippen LogP contribution is -2.08. The van der Waals surface area contributed by atoms with Gasteiger partial charge in [-0.3, -0.25) is 4.98 Å². The van der Waals surface area contributed by atoms with Crippen molar-refractivity contribution < 1.29 is 5.11 Å². The van der Waals surface area contributed by atoms with E-state index in [2.05, 4.69) is 29.2 Å². The molecule has 0 unspecified atom stereocenters. The highest BCUT2D eigenvalue weighted by molar-refractivity contribution is 5.59. The van der Waals surface area contributed by atoms with E-state index >= 15 is 0 Å². The van der Waals surface area contributed by atoms with Gasteiger partial charge in [0.25, 0.3) is 0 Å². The molecule has 0 radical (unpaired) electrons. The van der Waals surface area contributed by atoms with Gasteiger partial charge in [0.2, 0.25) is 0 Å². The van der Waals surface area contributed by atoms with E-state index < -0.39 is 0 Å². The maximum Gasteiger partial charge on any atom is 0.133 e. The summed E-state index contributed by atoms with van der Waals surface area (Å²) in [6.07, 6.45) is 5.51. The van der Waals surface area contributed by atoms with Crippen LogP contribution in [0.4, 0.5) is 0 Å². The van der Waals surface area contributed by atoms with Gasteiger partial charge in [-0.2, -0.15) is 0 Å². The SMILES string of the molecule is Oc1ccc(-c2ccc(C3CCC3)cc2)nc1. The Morgan fingerprint density at radius 3 is 2.29 bits per heavy atom. The van der Waals surface area contributed by atoms with Gasteiger partial charge >= 0.3 is 0 Å². The summed E-state index contributed by atoms with van der Waals surface area (Å²) in [5.41, 5.74) is 3.45. The number of pyridine rings is 1. The van der Waals surface area contributed by atoms with Crippen LogP contribution in [-0.2, 0) is 0 Å². The summed E-state index contributed by atoms with van der Waals surface area (Å²) >= 11 is 0. The summed E-state index contributed by atoms with van der Waals surface area (Å²) < 4.78 is 0. The lowest BCUT2D eigenvalue weighted by atomic mass is 9.80. The monoisotopic (exact) mass is 225 g/mol.